The molecule has 6 heteroatoms. The number of hydrogen-bond acceptors (Lipinski definition) is 4. The first-order chi connectivity index (χ1) is 14.0. The second-order valence-electron chi connectivity index (χ2n) is 7.43. The van der Waals surface area contributed by atoms with Crippen LogP contribution in [-0.4, -0.2) is 24.0 Å². The van der Waals surface area contributed by atoms with E-state index in [2.05, 4.69) is 43.1 Å². The summed E-state index contributed by atoms with van der Waals surface area (Å²) >= 11 is 3.47. The van der Waals surface area contributed by atoms with Crippen LogP contribution in [0, 0.1) is 5.41 Å². The third-order valence-corrected chi connectivity index (χ3v) is 5.92. The number of nitrogens with one attached hydrogen (secondary N) is 1. The molecule has 3 rings (SSSR count). The monoisotopic (exact) mass is 456 g/mol. The summed E-state index contributed by atoms with van der Waals surface area (Å²) in [5.41, 5.74) is 1.50. The zero-order valence-corrected chi connectivity index (χ0v) is 18.1. The average molecular weight is 457 g/mol. The van der Waals surface area contributed by atoms with Crippen molar-refractivity contribution in [2.75, 3.05) is 12.4 Å². The number of esters is 1. The number of carbonyl (C=O) groups is 2. The molecule has 1 aliphatic carbocycles. The van der Waals surface area contributed by atoms with Gasteiger partial charge in [0.15, 0.2) is 0 Å². The lowest BCUT2D eigenvalue weighted by atomic mass is 9.69. The second-order valence-corrected chi connectivity index (χ2v) is 8.34. The minimum Gasteiger partial charge on any atom is -0.466 e. The Kier molecular flexibility index (Phi) is 7.20. The van der Waals surface area contributed by atoms with Crippen molar-refractivity contribution in [3.63, 3.8) is 0 Å². The molecule has 0 bridgehead atoms. The molecular formula is C23H25BrN2O3. The van der Waals surface area contributed by atoms with Crippen molar-refractivity contribution < 1.29 is 14.3 Å². The van der Waals surface area contributed by atoms with E-state index in [4.69, 9.17) is 0 Å². The third kappa shape index (κ3) is 5.76. The molecule has 29 heavy (non-hydrogen) atoms. The summed E-state index contributed by atoms with van der Waals surface area (Å²) in [5, 5.41) is 3.02. The molecule has 0 saturated heterocycles. The fourth-order valence-corrected chi connectivity index (χ4v) is 4.07. The van der Waals surface area contributed by atoms with E-state index in [0.717, 1.165) is 41.3 Å². The number of nitrogens with zero attached hydrogens (tertiary/aromatic N) is 1. The van der Waals surface area contributed by atoms with Crippen molar-refractivity contribution in [3.05, 3.63) is 64.3 Å². The Labute approximate surface area is 179 Å². The maximum absolute atomic E-state index is 13.3. The number of amides is 1. The van der Waals surface area contributed by atoms with Crippen molar-refractivity contribution in [2.45, 2.75) is 38.5 Å². The quantitative estimate of drug-likeness (QED) is 0.481. The molecule has 5 nitrogen and oxygen atoms in total. The fraction of sp³-hybridized carbons (Fsp3) is 0.348. The Morgan fingerprint density at radius 3 is 2.59 bits per heavy atom. The highest BCUT2D eigenvalue weighted by Gasteiger charge is 2.39. The first kappa shape index (κ1) is 21.2. The molecule has 152 valence electrons. The molecule has 1 fully saturated rings. The van der Waals surface area contributed by atoms with Crippen molar-refractivity contribution in [3.8, 4) is 0 Å². The van der Waals surface area contributed by atoms with Gasteiger partial charge in [-0.15, -0.1) is 0 Å². The topological polar surface area (TPSA) is 68.3 Å². The van der Waals surface area contributed by atoms with Gasteiger partial charge in [-0.05, 0) is 60.7 Å². The molecule has 2 aromatic rings. The molecular weight excluding hydrogens is 432 g/mol. The predicted molar refractivity (Wildman–Crippen MR) is 117 cm³/mol. The molecule has 1 aromatic carbocycles. The van der Waals surface area contributed by atoms with Gasteiger partial charge in [0.2, 0.25) is 5.91 Å². The van der Waals surface area contributed by atoms with Crippen LogP contribution in [0.2, 0.25) is 0 Å². The van der Waals surface area contributed by atoms with Gasteiger partial charge in [-0.1, -0.05) is 47.3 Å². The number of carbonyl (C=O) groups excluding carboxylic acids is 2. The van der Waals surface area contributed by atoms with E-state index in [-0.39, 0.29) is 5.91 Å². The minimum absolute atomic E-state index is 0.0155. The van der Waals surface area contributed by atoms with Crippen LogP contribution in [0.4, 0.5) is 5.82 Å². The lowest BCUT2D eigenvalue weighted by Gasteiger charge is -2.36. The van der Waals surface area contributed by atoms with Crippen molar-refractivity contribution in [1.29, 1.82) is 0 Å². The highest BCUT2D eigenvalue weighted by Crippen LogP contribution is 2.40. The summed E-state index contributed by atoms with van der Waals surface area (Å²) in [4.78, 5) is 28.9. The average Bonchev–Trinajstić information content (AvgIpc) is 2.74. The number of anilines is 1. The Bertz CT molecular complexity index is 887. The van der Waals surface area contributed by atoms with Crippen LogP contribution in [0.5, 0.6) is 0 Å². The molecule has 0 aliphatic heterocycles. The number of aromatic nitrogens is 1. The van der Waals surface area contributed by atoms with Gasteiger partial charge in [0.05, 0.1) is 12.5 Å². The van der Waals surface area contributed by atoms with Crippen LogP contribution in [0.1, 0.15) is 43.2 Å². The van der Waals surface area contributed by atoms with Crippen LogP contribution in [0.15, 0.2) is 53.1 Å². The third-order valence-electron chi connectivity index (χ3n) is 5.39. The van der Waals surface area contributed by atoms with Gasteiger partial charge >= 0.3 is 5.97 Å². The summed E-state index contributed by atoms with van der Waals surface area (Å²) in [6.45, 7) is 0. The van der Waals surface area contributed by atoms with E-state index >= 15 is 0 Å². The molecule has 0 spiro atoms. The number of ether oxygens (including phenoxy) is 1. The van der Waals surface area contributed by atoms with Crippen LogP contribution >= 0.6 is 15.9 Å². The van der Waals surface area contributed by atoms with Crippen LogP contribution < -0.4 is 5.32 Å². The zero-order valence-electron chi connectivity index (χ0n) is 16.5. The number of methoxy groups -OCH3 is 1. The first-order valence-electron chi connectivity index (χ1n) is 9.79. The van der Waals surface area contributed by atoms with Crippen molar-refractivity contribution in [2.24, 2.45) is 5.41 Å². The van der Waals surface area contributed by atoms with Crippen LogP contribution in [0.3, 0.4) is 0 Å². The predicted octanol–water partition coefficient (Wildman–Crippen LogP) is 5.16. The normalized spacial score (nSPS) is 15.8. The van der Waals surface area contributed by atoms with E-state index < -0.39 is 11.4 Å². The van der Waals surface area contributed by atoms with E-state index in [9.17, 15) is 9.59 Å². The van der Waals surface area contributed by atoms with Gasteiger partial charge in [-0.3, -0.25) is 4.79 Å². The number of rotatable bonds is 6. The summed E-state index contributed by atoms with van der Waals surface area (Å²) < 4.78 is 5.64. The summed E-state index contributed by atoms with van der Waals surface area (Å²) in [6, 6.07) is 11.7. The molecule has 1 heterocycles. The first-order valence-corrected chi connectivity index (χ1v) is 10.6. The zero-order chi connectivity index (χ0) is 20.7. The van der Waals surface area contributed by atoms with Crippen molar-refractivity contribution >= 4 is 39.7 Å². The maximum atomic E-state index is 13.3. The van der Waals surface area contributed by atoms with E-state index in [0.29, 0.717) is 12.2 Å². The second kappa shape index (κ2) is 9.83. The fourth-order valence-electron chi connectivity index (χ4n) is 3.81. The molecule has 1 saturated carbocycles. The highest BCUT2D eigenvalue weighted by molar-refractivity contribution is 9.10. The summed E-state index contributed by atoms with van der Waals surface area (Å²) in [6.07, 6.45) is 10.3. The maximum Gasteiger partial charge on any atom is 0.330 e. The van der Waals surface area contributed by atoms with Gasteiger partial charge in [0.1, 0.15) is 5.82 Å². The Balaban J connectivity index is 1.77. The lowest BCUT2D eigenvalue weighted by molar-refractivity contribution is -0.134. The van der Waals surface area contributed by atoms with E-state index in [1.54, 1.807) is 24.4 Å². The Morgan fingerprint density at radius 2 is 1.90 bits per heavy atom. The van der Waals surface area contributed by atoms with Gasteiger partial charge < -0.3 is 10.1 Å². The van der Waals surface area contributed by atoms with Crippen molar-refractivity contribution in [1.82, 2.24) is 4.98 Å². The Morgan fingerprint density at radius 1 is 1.17 bits per heavy atom. The minimum atomic E-state index is -0.428. The van der Waals surface area contributed by atoms with Crippen LogP contribution in [0.25, 0.3) is 6.08 Å². The lowest BCUT2D eigenvalue weighted by Crippen LogP contribution is -2.40. The van der Waals surface area contributed by atoms with Gasteiger partial charge in [0.25, 0.3) is 0 Å². The summed E-state index contributed by atoms with van der Waals surface area (Å²) in [7, 11) is 1.33. The van der Waals surface area contributed by atoms with Crippen LogP contribution in [-0.2, 0) is 20.7 Å². The number of pyridine rings is 1. The molecule has 0 radical (unpaired) electrons. The van der Waals surface area contributed by atoms with E-state index in [1.165, 1.54) is 19.6 Å². The standard InChI is InChI=1S/C23H25BrN2O3/c1-29-21(27)10-7-17-11-14-25-20(15-17)26-22(28)23(12-3-2-4-13-23)16-18-5-8-19(24)9-6-18/h5-11,14-15H,2-4,12-13,16H2,1H3,(H,25,26,28)/b10-7+. The van der Waals surface area contributed by atoms with Gasteiger partial charge in [-0.25, -0.2) is 9.78 Å². The summed E-state index contributed by atoms with van der Waals surface area (Å²) in [5.74, 6) is 0.0764. The van der Waals surface area contributed by atoms with Gasteiger partial charge in [0, 0.05) is 16.7 Å². The smallest absolute Gasteiger partial charge is 0.330 e. The SMILES string of the molecule is COC(=O)/C=C/c1ccnc(NC(=O)C2(Cc3ccc(Br)cc3)CCCCC2)c1. The highest BCUT2D eigenvalue weighted by atomic mass is 79.9. The Hall–Kier alpha value is -2.47. The largest absolute Gasteiger partial charge is 0.466 e. The van der Waals surface area contributed by atoms with E-state index in [1.807, 2.05) is 12.1 Å². The number of halogens is 1. The molecule has 0 atom stereocenters. The molecule has 1 amide bonds. The molecule has 1 aromatic heterocycles. The number of benzene rings is 1. The number of hydrogen-bond donors (Lipinski definition) is 1. The molecule has 1 N–H and O–H groups in total. The molecule has 0 unspecified atom stereocenters. The van der Waals surface area contributed by atoms with Gasteiger partial charge in [-0.2, -0.15) is 0 Å². The molecule has 1 aliphatic rings.